The van der Waals surface area contributed by atoms with E-state index in [1.165, 1.54) is 6.08 Å². The first kappa shape index (κ1) is 40.5. The Morgan fingerprint density at radius 3 is 1.87 bits per heavy atom. The van der Waals surface area contributed by atoms with Gasteiger partial charge in [-0.1, -0.05) is 13.8 Å². The first-order valence-corrected chi connectivity index (χ1v) is 20.9. The van der Waals surface area contributed by atoms with E-state index in [0.29, 0.717) is 18.3 Å². The number of ether oxygens (including phenoxy) is 7. The van der Waals surface area contributed by atoms with Gasteiger partial charge in [0.1, 0.15) is 24.9 Å². The second-order valence-corrected chi connectivity index (χ2v) is 18.9. The van der Waals surface area contributed by atoms with Crippen LogP contribution in [0.4, 0.5) is 0 Å². The normalized spacial score (nSPS) is 55.5. The van der Waals surface area contributed by atoms with Crippen molar-refractivity contribution in [3.05, 3.63) is 11.6 Å². The number of hydrogen-bond donors (Lipinski definition) is 6. The van der Waals surface area contributed by atoms with Crippen molar-refractivity contribution in [2.45, 2.75) is 197 Å². The van der Waals surface area contributed by atoms with E-state index in [2.05, 4.69) is 13.8 Å². The lowest BCUT2D eigenvalue weighted by molar-refractivity contribution is -0.336. The number of aliphatic hydroxyl groups is 6. The summed E-state index contributed by atoms with van der Waals surface area (Å²) in [5.41, 5.74) is -0.686. The number of rotatable bonds is 7. The van der Waals surface area contributed by atoms with Gasteiger partial charge in [-0.05, 0) is 94.5 Å². The van der Waals surface area contributed by atoms with E-state index in [1.54, 1.807) is 13.8 Å². The van der Waals surface area contributed by atoms with Gasteiger partial charge in [-0.2, -0.15) is 0 Å². The molecule has 0 radical (unpaired) electrons. The molecule has 14 heteroatoms. The zero-order chi connectivity index (χ0) is 39.2. The maximum absolute atomic E-state index is 12.6. The van der Waals surface area contributed by atoms with Crippen molar-refractivity contribution in [2.24, 2.45) is 34.5 Å². The van der Waals surface area contributed by atoms with Crippen molar-refractivity contribution in [1.82, 2.24) is 0 Å². The van der Waals surface area contributed by atoms with Crippen LogP contribution in [0.5, 0.6) is 0 Å². The number of carbonyl (C=O) groups excluding carboxylic acids is 1. The van der Waals surface area contributed by atoms with Crippen LogP contribution in [0.25, 0.3) is 0 Å². The van der Waals surface area contributed by atoms with Crippen LogP contribution in [-0.4, -0.2) is 135 Å². The van der Waals surface area contributed by atoms with Gasteiger partial charge in [0, 0.05) is 43.1 Å². The summed E-state index contributed by atoms with van der Waals surface area (Å²) < 4.78 is 42.1. The highest BCUT2D eigenvalue weighted by Crippen LogP contribution is 2.70. The van der Waals surface area contributed by atoms with Crippen LogP contribution < -0.4 is 0 Å². The minimum Gasteiger partial charge on any atom is -0.458 e. The molecule has 0 aromatic carbocycles. The second-order valence-electron chi connectivity index (χ2n) is 18.9. The molecule has 8 aliphatic rings. The summed E-state index contributed by atoms with van der Waals surface area (Å²) in [5.74, 6) is 0.174. The van der Waals surface area contributed by atoms with Gasteiger partial charge in [-0.25, -0.2) is 4.79 Å². The Hall–Kier alpha value is -1.27. The molecule has 0 aromatic rings. The lowest BCUT2D eigenvalue weighted by Gasteiger charge is -2.63. The molecule has 14 nitrogen and oxygen atoms in total. The Labute approximate surface area is 323 Å². The minimum atomic E-state index is -1.01. The molecule has 7 fully saturated rings. The van der Waals surface area contributed by atoms with E-state index < -0.39 is 90.9 Å². The van der Waals surface area contributed by atoms with E-state index in [0.717, 1.165) is 50.5 Å². The molecule has 21 atom stereocenters. The quantitative estimate of drug-likeness (QED) is 0.162. The number of esters is 1. The summed E-state index contributed by atoms with van der Waals surface area (Å²) in [6.45, 7) is 9.98. The molecular weight excluding hydrogens is 716 g/mol. The molecule has 4 heterocycles. The zero-order valence-corrected chi connectivity index (χ0v) is 32.9. The van der Waals surface area contributed by atoms with Gasteiger partial charge >= 0.3 is 5.97 Å². The van der Waals surface area contributed by atoms with Gasteiger partial charge in [0.25, 0.3) is 0 Å². The number of aliphatic hydroxyl groups excluding tert-OH is 5. The van der Waals surface area contributed by atoms with Crippen LogP contribution in [-0.2, 0) is 38.0 Å². The van der Waals surface area contributed by atoms with E-state index >= 15 is 0 Å². The van der Waals surface area contributed by atoms with Crippen LogP contribution in [0.1, 0.15) is 105 Å². The van der Waals surface area contributed by atoms with E-state index in [1.807, 2.05) is 6.92 Å². The van der Waals surface area contributed by atoms with Crippen LogP contribution in [0.2, 0.25) is 0 Å². The lowest BCUT2D eigenvalue weighted by atomic mass is 9.43. The Balaban J connectivity index is 0.834. The highest BCUT2D eigenvalue weighted by molar-refractivity contribution is 5.85. The lowest BCUT2D eigenvalue weighted by Crippen LogP contribution is -2.62. The summed E-state index contributed by atoms with van der Waals surface area (Å²) in [5, 5.41) is 66.3. The summed E-state index contributed by atoms with van der Waals surface area (Å²) in [7, 11) is 0. The molecule has 8 rings (SSSR count). The Morgan fingerprint density at radius 1 is 0.691 bits per heavy atom. The number of fused-ring (bicyclic) bond motifs is 5. The van der Waals surface area contributed by atoms with Crippen LogP contribution in [0.15, 0.2) is 11.6 Å². The Bertz CT molecular complexity index is 1410. The Kier molecular flexibility index (Phi) is 11.1. The highest BCUT2D eigenvalue weighted by Gasteiger charge is 2.70. The second kappa shape index (κ2) is 15.1. The smallest absolute Gasteiger partial charge is 0.331 e. The fraction of sp³-hybridized carbons (Fsp3) is 0.927. The summed E-state index contributed by atoms with van der Waals surface area (Å²) >= 11 is 0. The summed E-state index contributed by atoms with van der Waals surface area (Å²) in [4.78, 5) is 12.0. The average molecular weight is 781 g/mol. The zero-order valence-electron chi connectivity index (χ0n) is 32.9. The molecule has 4 saturated carbocycles. The third-order valence-electron chi connectivity index (χ3n) is 15.8. The van der Waals surface area contributed by atoms with E-state index in [-0.39, 0.29) is 55.2 Å². The predicted molar refractivity (Wildman–Crippen MR) is 193 cm³/mol. The summed E-state index contributed by atoms with van der Waals surface area (Å²) in [6, 6.07) is 0. The van der Waals surface area contributed by atoms with Crippen molar-refractivity contribution in [1.29, 1.82) is 0 Å². The first-order chi connectivity index (χ1) is 26.0. The van der Waals surface area contributed by atoms with Crippen molar-refractivity contribution in [3.63, 3.8) is 0 Å². The average Bonchev–Trinajstić information content (AvgIpc) is 3.62. The standard InChI is InChI=1S/C41H64O14/c1-19-36(47)27(42)14-33(50-19)54-38-21(3)52-34(16-29(38)44)55-37-20(2)51-32(15-28(37)43)53-24-8-10-39(4)23(13-24)6-7-26-25(39)9-11-40(5)35(22-12-31(46)49-18-22)30(45)17-41(26,40)48/h12,19-21,23-30,32-38,42-45,47-48H,6-11,13-18H2,1-5H3/t19-,20-,21-,23-,24+,25+,26-,27+,28+,29+,30-,32-,33+,34+,35-,36-,37-,38-,39+,40-,41+/m1/s1. The molecule has 0 aromatic heterocycles. The van der Waals surface area contributed by atoms with Crippen molar-refractivity contribution in [2.75, 3.05) is 6.61 Å². The van der Waals surface area contributed by atoms with Crippen molar-refractivity contribution < 1.29 is 68.6 Å². The SMILES string of the molecule is C[C@H]1O[C@@H](O[C@H]2[C@@H](O)C[C@H](O[C@H]3[C@@H](O)C[C@@H](O[C@H]4CC[C@@]5(C)[C@H](CC[C@@H]6[C@@H]5CC[C@]5(C)[C@H](C7=CC(=O)OC7)[C@H](O)C[C@]65O)C4)O[C@@H]3C)O[C@@H]2C)C[C@H](O)[C@@H]1O. The number of hydrogen-bond acceptors (Lipinski definition) is 14. The molecule has 6 N–H and O–H groups in total. The first-order valence-electron chi connectivity index (χ1n) is 20.9. The van der Waals surface area contributed by atoms with Gasteiger partial charge in [0.05, 0.1) is 54.4 Å². The molecular formula is C41H64O14. The molecule has 4 aliphatic heterocycles. The van der Waals surface area contributed by atoms with Gasteiger partial charge < -0.3 is 63.8 Å². The molecule has 3 saturated heterocycles. The molecule has 0 unspecified atom stereocenters. The summed E-state index contributed by atoms with van der Waals surface area (Å²) in [6.07, 6.45) is -1.26. The van der Waals surface area contributed by atoms with Crippen LogP contribution in [0.3, 0.4) is 0 Å². The fourth-order valence-corrected chi connectivity index (χ4v) is 12.9. The maximum atomic E-state index is 12.6. The largest absolute Gasteiger partial charge is 0.458 e. The Morgan fingerprint density at radius 2 is 1.29 bits per heavy atom. The highest BCUT2D eigenvalue weighted by atomic mass is 16.7. The van der Waals surface area contributed by atoms with Gasteiger partial charge in [0.2, 0.25) is 0 Å². The molecule has 0 bridgehead atoms. The molecule has 0 spiro atoms. The predicted octanol–water partition coefficient (Wildman–Crippen LogP) is 2.22. The maximum Gasteiger partial charge on any atom is 0.331 e. The van der Waals surface area contributed by atoms with Crippen LogP contribution >= 0.6 is 0 Å². The van der Waals surface area contributed by atoms with Gasteiger partial charge in [-0.15, -0.1) is 0 Å². The van der Waals surface area contributed by atoms with E-state index in [4.69, 9.17) is 33.2 Å². The third kappa shape index (κ3) is 7.05. The number of cyclic esters (lactones) is 1. The van der Waals surface area contributed by atoms with Crippen molar-refractivity contribution >= 4 is 5.97 Å². The minimum absolute atomic E-state index is 0.0203. The van der Waals surface area contributed by atoms with Crippen LogP contribution in [0, 0.1) is 34.5 Å². The molecule has 0 amide bonds. The topological polar surface area (TPSA) is 203 Å². The molecule has 4 aliphatic carbocycles. The van der Waals surface area contributed by atoms with E-state index in [9.17, 15) is 35.4 Å². The number of carbonyl (C=O) groups is 1. The monoisotopic (exact) mass is 780 g/mol. The fourth-order valence-electron chi connectivity index (χ4n) is 12.9. The van der Waals surface area contributed by atoms with Gasteiger partial charge in [0.15, 0.2) is 18.9 Å². The molecule has 55 heavy (non-hydrogen) atoms. The molecule has 312 valence electrons. The van der Waals surface area contributed by atoms with Gasteiger partial charge in [-0.3, -0.25) is 0 Å². The third-order valence-corrected chi connectivity index (χ3v) is 15.8. The van der Waals surface area contributed by atoms with Crippen molar-refractivity contribution in [3.8, 4) is 0 Å².